The Morgan fingerprint density at radius 1 is 1.32 bits per heavy atom. The summed E-state index contributed by atoms with van der Waals surface area (Å²) in [5.74, 6) is -0.525. The van der Waals surface area contributed by atoms with E-state index in [2.05, 4.69) is 10.1 Å². The van der Waals surface area contributed by atoms with Gasteiger partial charge in [-0.15, -0.1) is 0 Å². The lowest BCUT2D eigenvalue weighted by Crippen LogP contribution is -2.24. The molecular weight excluding hydrogens is 264 g/mol. The summed E-state index contributed by atoms with van der Waals surface area (Å²) in [6.07, 6.45) is -4.33. The quantitative estimate of drug-likeness (QED) is 0.641. The third kappa shape index (κ3) is 6.18. The van der Waals surface area contributed by atoms with Crippen molar-refractivity contribution in [3.63, 3.8) is 0 Å². The summed E-state index contributed by atoms with van der Waals surface area (Å²) in [7, 11) is 0. The maximum atomic E-state index is 13.4. The van der Waals surface area contributed by atoms with Gasteiger partial charge in [0.15, 0.2) is 0 Å². The fraction of sp³-hybridized carbons (Fsp3) is 0.417. The average Bonchev–Trinajstić information content (AvgIpc) is 2.33. The van der Waals surface area contributed by atoms with Crippen molar-refractivity contribution in [3.8, 4) is 6.07 Å². The monoisotopic (exact) mass is 276 g/mol. The molecule has 0 aliphatic heterocycles. The minimum Gasteiger partial charge on any atom is -0.371 e. The maximum absolute atomic E-state index is 13.4. The number of nitrogens with one attached hydrogen (secondary N) is 1. The van der Waals surface area contributed by atoms with E-state index >= 15 is 0 Å². The van der Waals surface area contributed by atoms with Crippen molar-refractivity contribution in [1.82, 2.24) is 5.32 Å². The van der Waals surface area contributed by atoms with Gasteiger partial charge in [0, 0.05) is 18.7 Å². The molecule has 1 aromatic rings. The highest BCUT2D eigenvalue weighted by molar-refractivity contribution is 5.32. The lowest BCUT2D eigenvalue weighted by atomic mass is 10.1. The number of hydrogen-bond donors (Lipinski definition) is 1. The van der Waals surface area contributed by atoms with Crippen LogP contribution in [-0.4, -0.2) is 25.9 Å². The highest BCUT2D eigenvalue weighted by atomic mass is 19.4. The Balaban J connectivity index is 2.25. The number of ether oxygens (including phenoxy) is 1. The molecule has 0 atom stereocenters. The second-order valence-corrected chi connectivity index (χ2v) is 3.76. The molecule has 0 amide bonds. The van der Waals surface area contributed by atoms with Crippen LogP contribution in [0, 0.1) is 17.1 Å². The van der Waals surface area contributed by atoms with Crippen LogP contribution >= 0.6 is 0 Å². The highest BCUT2D eigenvalue weighted by Crippen LogP contribution is 2.14. The summed E-state index contributed by atoms with van der Waals surface area (Å²) in [6, 6.07) is 5.84. The van der Waals surface area contributed by atoms with E-state index < -0.39 is 18.6 Å². The number of halogens is 4. The van der Waals surface area contributed by atoms with Crippen molar-refractivity contribution in [2.24, 2.45) is 0 Å². The standard InChI is InChI=1S/C12H12F4N2O/c13-11-5-9(6-17)1-2-10(11)7-18-3-4-19-8-12(14,15)16/h1-2,5,18H,3-4,7-8H2. The molecule has 0 heterocycles. The summed E-state index contributed by atoms with van der Waals surface area (Å²) in [6.45, 7) is -1.07. The van der Waals surface area contributed by atoms with Gasteiger partial charge in [-0.3, -0.25) is 0 Å². The Bertz CT molecular complexity index is 454. The number of nitriles is 1. The minimum absolute atomic E-state index is 0.114. The van der Waals surface area contributed by atoms with E-state index in [-0.39, 0.29) is 25.3 Å². The van der Waals surface area contributed by atoms with Crippen LogP contribution in [-0.2, 0) is 11.3 Å². The van der Waals surface area contributed by atoms with E-state index in [0.29, 0.717) is 5.56 Å². The van der Waals surface area contributed by atoms with E-state index in [1.54, 1.807) is 6.07 Å². The Labute approximate surface area is 107 Å². The molecule has 19 heavy (non-hydrogen) atoms. The maximum Gasteiger partial charge on any atom is 0.411 e. The highest BCUT2D eigenvalue weighted by Gasteiger charge is 2.27. The van der Waals surface area contributed by atoms with Gasteiger partial charge in [0.1, 0.15) is 12.4 Å². The van der Waals surface area contributed by atoms with Crippen molar-refractivity contribution >= 4 is 0 Å². The van der Waals surface area contributed by atoms with Gasteiger partial charge >= 0.3 is 6.18 Å². The van der Waals surface area contributed by atoms with Gasteiger partial charge in [-0.1, -0.05) is 6.07 Å². The molecule has 3 nitrogen and oxygen atoms in total. The smallest absolute Gasteiger partial charge is 0.371 e. The molecular formula is C12H12F4N2O. The third-order valence-electron chi connectivity index (χ3n) is 2.19. The van der Waals surface area contributed by atoms with E-state index in [1.807, 2.05) is 0 Å². The second-order valence-electron chi connectivity index (χ2n) is 3.76. The van der Waals surface area contributed by atoms with E-state index in [1.165, 1.54) is 12.1 Å². The molecule has 1 N–H and O–H groups in total. The molecule has 0 aromatic heterocycles. The molecule has 0 bridgehead atoms. The molecule has 0 aliphatic rings. The van der Waals surface area contributed by atoms with Crippen LogP contribution in [0.2, 0.25) is 0 Å². The zero-order chi connectivity index (χ0) is 14.3. The molecule has 0 saturated heterocycles. The van der Waals surface area contributed by atoms with Crippen LogP contribution in [0.5, 0.6) is 0 Å². The molecule has 104 valence electrons. The molecule has 0 saturated carbocycles. The number of benzene rings is 1. The van der Waals surface area contributed by atoms with Crippen molar-refractivity contribution in [2.45, 2.75) is 12.7 Å². The van der Waals surface area contributed by atoms with Gasteiger partial charge in [0.25, 0.3) is 0 Å². The predicted molar refractivity (Wildman–Crippen MR) is 59.7 cm³/mol. The van der Waals surface area contributed by atoms with Gasteiger partial charge < -0.3 is 10.1 Å². The van der Waals surface area contributed by atoms with E-state index in [4.69, 9.17) is 5.26 Å². The Hall–Kier alpha value is -1.65. The van der Waals surface area contributed by atoms with Crippen molar-refractivity contribution in [1.29, 1.82) is 5.26 Å². The van der Waals surface area contributed by atoms with Crippen molar-refractivity contribution in [2.75, 3.05) is 19.8 Å². The fourth-order valence-corrected chi connectivity index (χ4v) is 1.32. The lowest BCUT2D eigenvalue weighted by molar-refractivity contribution is -0.173. The largest absolute Gasteiger partial charge is 0.411 e. The van der Waals surface area contributed by atoms with Gasteiger partial charge in [-0.2, -0.15) is 18.4 Å². The topological polar surface area (TPSA) is 45.0 Å². The first-order valence-corrected chi connectivity index (χ1v) is 5.46. The first-order valence-electron chi connectivity index (χ1n) is 5.46. The Kier molecular flexibility index (Phi) is 5.73. The summed E-state index contributed by atoms with van der Waals surface area (Å²) in [5.41, 5.74) is 0.560. The molecule has 1 aromatic carbocycles. The van der Waals surface area contributed by atoms with Gasteiger partial charge in [0.2, 0.25) is 0 Å². The molecule has 0 unspecified atom stereocenters. The normalized spacial score (nSPS) is 11.3. The molecule has 0 fully saturated rings. The fourth-order valence-electron chi connectivity index (χ4n) is 1.32. The zero-order valence-corrected chi connectivity index (χ0v) is 9.93. The molecule has 0 spiro atoms. The van der Waals surface area contributed by atoms with Crippen LogP contribution in [0.4, 0.5) is 17.6 Å². The molecule has 0 radical (unpaired) electrons. The first-order chi connectivity index (χ1) is 8.92. The lowest BCUT2D eigenvalue weighted by Gasteiger charge is -2.09. The average molecular weight is 276 g/mol. The van der Waals surface area contributed by atoms with Crippen LogP contribution < -0.4 is 5.32 Å². The van der Waals surface area contributed by atoms with E-state index in [0.717, 1.165) is 6.07 Å². The summed E-state index contributed by atoms with van der Waals surface area (Å²) < 4.78 is 53.0. The van der Waals surface area contributed by atoms with Crippen LogP contribution in [0.1, 0.15) is 11.1 Å². The first kappa shape index (κ1) is 15.4. The van der Waals surface area contributed by atoms with Crippen LogP contribution in [0.15, 0.2) is 18.2 Å². The van der Waals surface area contributed by atoms with Crippen molar-refractivity contribution in [3.05, 3.63) is 35.1 Å². The zero-order valence-electron chi connectivity index (χ0n) is 9.93. The summed E-state index contributed by atoms with van der Waals surface area (Å²) in [4.78, 5) is 0. The van der Waals surface area contributed by atoms with Gasteiger partial charge in [-0.05, 0) is 12.1 Å². The number of hydrogen-bond acceptors (Lipinski definition) is 3. The van der Waals surface area contributed by atoms with Crippen LogP contribution in [0.3, 0.4) is 0 Å². The van der Waals surface area contributed by atoms with E-state index in [9.17, 15) is 17.6 Å². The van der Waals surface area contributed by atoms with Gasteiger partial charge in [-0.25, -0.2) is 4.39 Å². The number of nitrogens with zero attached hydrogens (tertiary/aromatic N) is 1. The Morgan fingerprint density at radius 2 is 2.05 bits per heavy atom. The van der Waals surface area contributed by atoms with Gasteiger partial charge in [0.05, 0.1) is 18.2 Å². The summed E-state index contributed by atoms with van der Waals surface area (Å²) >= 11 is 0. The number of rotatable bonds is 6. The summed E-state index contributed by atoms with van der Waals surface area (Å²) in [5, 5.41) is 11.3. The molecule has 7 heteroatoms. The molecule has 1 rings (SSSR count). The Morgan fingerprint density at radius 3 is 2.63 bits per heavy atom. The third-order valence-corrected chi connectivity index (χ3v) is 2.19. The molecule has 0 aliphatic carbocycles. The second kappa shape index (κ2) is 7.07. The predicted octanol–water partition coefficient (Wildman–Crippen LogP) is 2.37. The van der Waals surface area contributed by atoms with Crippen molar-refractivity contribution < 1.29 is 22.3 Å². The number of alkyl halides is 3. The SMILES string of the molecule is N#Cc1ccc(CNCCOCC(F)(F)F)c(F)c1. The van der Waals surface area contributed by atoms with Crippen LogP contribution in [0.25, 0.3) is 0 Å². The minimum atomic E-state index is -4.33.